The van der Waals surface area contributed by atoms with Crippen molar-refractivity contribution in [2.24, 2.45) is 0 Å². The van der Waals surface area contributed by atoms with Gasteiger partial charge < -0.3 is 18.9 Å². The van der Waals surface area contributed by atoms with Crippen LogP contribution in [0, 0.1) is 0 Å². The summed E-state index contributed by atoms with van der Waals surface area (Å²) < 4.78 is 21.1. The molecule has 26 heavy (non-hydrogen) atoms. The Morgan fingerprint density at radius 2 is 1.04 bits per heavy atom. The second kappa shape index (κ2) is 9.02. The van der Waals surface area contributed by atoms with Gasteiger partial charge in [-0.1, -0.05) is 0 Å². The second-order valence-corrected chi connectivity index (χ2v) is 5.34. The molecule has 0 fully saturated rings. The van der Waals surface area contributed by atoms with Gasteiger partial charge in [0.1, 0.15) is 13.2 Å². The fourth-order valence-corrected chi connectivity index (χ4v) is 2.45. The first-order chi connectivity index (χ1) is 12.8. The van der Waals surface area contributed by atoms with E-state index in [1.54, 1.807) is 12.1 Å². The van der Waals surface area contributed by atoms with Crippen LogP contribution in [-0.2, 0) is 18.9 Å². The molecule has 0 radical (unpaired) electrons. The Bertz CT molecular complexity index is 714. The van der Waals surface area contributed by atoms with Crippen molar-refractivity contribution in [3.8, 4) is 11.1 Å². The first-order valence-electron chi connectivity index (χ1n) is 8.15. The van der Waals surface area contributed by atoms with Gasteiger partial charge >= 0.3 is 11.9 Å². The van der Waals surface area contributed by atoms with E-state index >= 15 is 0 Å². The first kappa shape index (κ1) is 18.0. The third kappa shape index (κ3) is 4.41. The van der Waals surface area contributed by atoms with Gasteiger partial charge in [0.05, 0.1) is 37.6 Å². The standard InChI is InChI=1S/C18H18N2O6/c21-17-15-11-19-3-1-13(15)14-2-4-20-12-16(14)18(22)26-10-8-24-6-5-23-7-9-25-17/h1-4,11-12H,5-10H2. The van der Waals surface area contributed by atoms with Crippen LogP contribution in [0.2, 0.25) is 0 Å². The SMILES string of the molecule is O=C1OCCOCCOCCOC(=O)c2cnccc2-c2ccncc21. The maximum Gasteiger partial charge on any atom is 0.340 e. The minimum absolute atomic E-state index is 0.110. The summed E-state index contributed by atoms with van der Waals surface area (Å²) in [6.07, 6.45) is 5.89. The van der Waals surface area contributed by atoms with E-state index in [9.17, 15) is 9.59 Å². The quantitative estimate of drug-likeness (QED) is 0.654. The smallest absolute Gasteiger partial charge is 0.340 e. The van der Waals surface area contributed by atoms with Gasteiger partial charge in [0, 0.05) is 35.9 Å². The molecule has 3 rings (SSSR count). The van der Waals surface area contributed by atoms with Crippen LogP contribution in [0.25, 0.3) is 11.1 Å². The van der Waals surface area contributed by atoms with E-state index in [2.05, 4.69) is 9.97 Å². The Hall–Kier alpha value is -2.84. The van der Waals surface area contributed by atoms with Crippen molar-refractivity contribution in [2.75, 3.05) is 39.6 Å². The lowest BCUT2D eigenvalue weighted by Crippen LogP contribution is -2.17. The number of ether oxygens (including phenoxy) is 4. The molecule has 8 heteroatoms. The van der Waals surface area contributed by atoms with Crippen molar-refractivity contribution in [1.82, 2.24) is 9.97 Å². The molecule has 0 amide bonds. The largest absolute Gasteiger partial charge is 0.460 e. The van der Waals surface area contributed by atoms with Crippen molar-refractivity contribution < 1.29 is 28.5 Å². The monoisotopic (exact) mass is 358 g/mol. The number of fused-ring (bicyclic) bond motifs is 3. The number of cyclic esters (lactones) is 2. The molecule has 2 aromatic heterocycles. The highest BCUT2D eigenvalue weighted by atomic mass is 16.6. The zero-order valence-corrected chi connectivity index (χ0v) is 14.1. The average Bonchev–Trinajstić information content (AvgIpc) is 2.68. The Kier molecular flexibility index (Phi) is 6.24. The fourth-order valence-electron chi connectivity index (χ4n) is 2.45. The Morgan fingerprint density at radius 3 is 1.50 bits per heavy atom. The summed E-state index contributed by atoms with van der Waals surface area (Å²) in [4.78, 5) is 32.8. The Labute approximate surface area is 150 Å². The van der Waals surface area contributed by atoms with Crippen molar-refractivity contribution in [3.05, 3.63) is 48.0 Å². The van der Waals surface area contributed by atoms with Crippen LogP contribution in [-0.4, -0.2) is 61.5 Å². The molecule has 0 saturated carbocycles. The lowest BCUT2D eigenvalue weighted by molar-refractivity contribution is 0.00218. The summed E-state index contributed by atoms with van der Waals surface area (Å²) in [5.41, 5.74) is 1.54. The van der Waals surface area contributed by atoms with E-state index < -0.39 is 11.9 Å². The third-order valence-corrected chi connectivity index (χ3v) is 3.67. The number of pyridine rings is 2. The van der Waals surface area contributed by atoms with Crippen LogP contribution in [0.15, 0.2) is 36.9 Å². The number of rotatable bonds is 0. The van der Waals surface area contributed by atoms with Crippen LogP contribution >= 0.6 is 0 Å². The molecule has 0 unspecified atom stereocenters. The number of esters is 2. The fraction of sp³-hybridized carbons (Fsp3) is 0.333. The molecule has 3 heterocycles. The second-order valence-electron chi connectivity index (χ2n) is 5.34. The molecule has 0 aliphatic carbocycles. The van der Waals surface area contributed by atoms with Crippen molar-refractivity contribution >= 4 is 11.9 Å². The molecule has 0 aromatic carbocycles. The number of carbonyl (C=O) groups excluding carboxylic acids is 2. The summed E-state index contributed by atoms with van der Waals surface area (Å²) in [6, 6.07) is 3.29. The Balaban J connectivity index is 1.96. The number of carbonyl (C=O) groups is 2. The van der Waals surface area contributed by atoms with Gasteiger partial charge in [0.25, 0.3) is 0 Å². The molecular formula is C18H18N2O6. The summed E-state index contributed by atoms with van der Waals surface area (Å²) in [7, 11) is 0. The molecule has 2 aromatic rings. The molecule has 8 nitrogen and oxygen atoms in total. The topological polar surface area (TPSA) is 96.8 Å². The zero-order valence-electron chi connectivity index (χ0n) is 14.1. The molecule has 136 valence electrons. The molecule has 0 N–H and O–H groups in total. The van der Waals surface area contributed by atoms with Crippen LogP contribution in [0.5, 0.6) is 0 Å². The van der Waals surface area contributed by atoms with Gasteiger partial charge in [-0.05, 0) is 12.1 Å². The number of hydrogen-bond donors (Lipinski definition) is 0. The van der Waals surface area contributed by atoms with Crippen LogP contribution in [0.4, 0.5) is 0 Å². The molecule has 0 bridgehead atoms. The summed E-state index contributed by atoms with van der Waals surface area (Å²) in [5.74, 6) is -1.09. The number of aromatic nitrogens is 2. The van der Waals surface area contributed by atoms with Gasteiger partial charge in [-0.2, -0.15) is 0 Å². The van der Waals surface area contributed by atoms with E-state index in [1.165, 1.54) is 24.8 Å². The van der Waals surface area contributed by atoms with Gasteiger partial charge in [-0.3, -0.25) is 9.97 Å². The highest BCUT2D eigenvalue weighted by Gasteiger charge is 2.20. The van der Waals surface area contributed by atoms with Crippen molar-refractivity contribution in [1.29, 1.82) is 0 Å². The van der Waals surface area contributed by atoms with Crippen LogP contribution in [0.1, 0.15) is 20.7 Å². The van der Waals surface area contributed by atoms with Crippen LogP contribution < -0.4 is 0 Å². The average molecular weight is 358 g/mol. The molecule has 0 atom stereocenters. The van der Waals surface area contributed by atoms with E-state index in [1.807, 2.05) is 0 Å². The van der Waals surface area contributed by atoms with Crippen molar-refractivity contribution in [3.63, 3.8) is 0 Å². The highest BCUT2D eigenvalue weighted by molar-refractivity contribution is 6.02. The maximum atomic E-state index is 12.4. The lowest BCUT2D eigenvalue weighted by Gasteiger charge is -2.13. The lowest BCUT2D eigenvalue weighted by atomic mass is 9.98. The van der Waals surface area contributed by atoms with Gasteiger partial charge in [-0.15, -0.1) is 0 Å². The van der Waals surface area contributed by atoms with Gasteiger partial charge in [0.15, 0.2) is 0 Å². The summed E-state index contributed by atoms with van der Waals surface area (Å²) in [6.45, 7) is 1.46. The molecular weight excluding hydrogens is 340 g/mol. The van der Waals surface area contributed by atoms with E-state index in [4.69, 9.17) is 18.9 Å². The molecule has 0 spiro atoms. The summed E-state index contributed by atoms with van der Waals surface area (Å²) in [5, 5.41) is 0. The van der Waals surface area contributed by atoms with Gasteiger partial charge in [-0.25, -0.2) is 9.59 Å². The highest BCUT2D eigenvalue weighted by Crippen LogP contribution is 2.27. The zero-order chi connectivity index (χ0) is 18.2. The predicted octanol–water partition coefficient (Wildman–Crippen LogP) is 1.50. The third-order valence-electron chi connectivity index (χ3n) is 3.67. The molecule has 1 aliphatic rings. The maximum absolute atomic E-state index is 12.4. The minimum Gasteiger partial charge on any atom is -0.460 e. The molecule has 0 saturated heterocycles. The normalized spacial score (nSPS) is 16.8. The summed E-state index contributed by atoms with van der Waals surface area (Å²) >= 11 is 0. The van der Waals surface area contributed by atoms with Gasteiger partial charge in [0.2, 0.25) is 0 Å². The number of hydrogen-bond acceptors (Lipinski definition) is 8. The van der Waals surface area contributed by atoms with Crippen LogP contribution in [0.3, 0.4) is 0 Å². The van der Waals surface area contributed by atoms with Crippen molar-refractivity contribution in [2.45, 2.75) is 0 Å². The molecule has 1 aliphatic heterocycles. The van der Waals surface area contributed by atoms with E-state index in [0.29, 0.717) is 24.3 Å². The predicted molar refractivity (Wildman–Crippen MR) is 89.7 cm³/mol. The minimum atomic E-state index is -0.545. The van der Waals surface area contributed by atoms with E-state index in [-0.39, 0.29) is 37.6 Å². The first-order valence-corrected chi connectivity index (χ1v) is 8.15. The Morgan fingerprint density at radius 1 is 0.615 bits per heavy atom. The number of nitrogens with zero attached hydrogens (tertiary/aromatic N) is 2. The van der Waals surface area contributed by atoms with E-state index in [0.717, 1.165) is 0 Å².